The molecule has 96 valence electrons. The van der Waals surface area contributed by atoms with Gasteiger partial charge in [0.05, 0.1) is 20.6 Å². The van der Waals surface area contributed by atoms with E-state index in [1.54, 1.807) is 22.0 Å². The lowest BCUT2D eigenvalue weighted by molar-refractivity contribution is 1.04. The Balaban J connectivity index is 2.29. The normalized spacial score (nSPS) is 10.8. The minimum absolute atomic E-state index is 0.458. The summed E-state index contributed by atoms with van der Waals surface area (Å²) in [4.78, 5) is 1.00. The highest BCUT2D eigenvalue weighted by Gasteiger charge is 2.15. The molecule has 0 spiro atoms. The molecule has 2 heterocycles. The molecule has 19 heavy (non-hydrogen) atoms. The number of benzene rings is 1. The van der Waals surface area contributed by atoms with Gasteiger partial charge in [0.25, 0.3) is 0 Å². The van der Waals surface area contributed by atoms with Crippen LogP contribution in [-0.4, -0.2) is 14.8 Å². The number of halogens is 2. The van der Waals surface area contributed by atoms with Gasteiger partial charge in [-0.05, 0) is 35.8 Å². The Morgan fingerprint density at radius 1 is 1.21 bits per heavy atom. The van der Waals surface area contributed by atoms with Crippen molar-refractivity contribution in [3.63, 3.8) is 0 Å². The van der Waals surface area contributed by atoms with Gasteiger partial charge in [-0.1, -0.05) is 35.3 Å². The highest BCUT2D eigenvalue weighted by Crippen LogP contribution is 2.32. The SMILES string of the molecule is S=c1[nH]nc(-c2cccs2)n1-c1cccc(Cl)c1Cl. The summed E-state index contributed by atoms with van der Waals surface area (Å²) in [5.41, 5.74) is 0.719. The molecule has 3 rings (SSSR count). The van der Waals surface area contributed by atoms with Crippen molar-refractivity contribution in [1.82, 2.24) is 14.8 Å². The molecule has 0 aliphatic carbocycles. The van der Waals surface area contributed by atoms with E-state index in [9.17, 15) is 0 Å². The molecule has 0 bridgehead atoms. The van der Waals surface area contributed by atoms with E-state index in [1.807, 2.05) is 29.6 Å². The quantitative estimate of drug-likeness (QED) is 0.674. The van der Waals surface area contributed by atoms with E-state index >= 15 is 0 Å². The van der Waals surface area contributed by atoms with Crippen LogP contribution < -0.4 is 0 Å². The largest absolute Gasteiger partial charge is 0.266 e. The Kier molecular flexibility index (Phi) is 3.45. The van der Waals surface area contributed by atoms with E-state index in [4.69, 9.17) is 35.4 Å². The molecule has 0 saturated heterocycles. The summed E-state index contributed by atoms with van der Waals surface area (Å²) in [5, 5.41) is 9.98. The van der Waals surface area contributed by atoms with E-state index in [2.05, 4.69) is 10.2 Å². The lowest BCUT2D eigenvalue weighted by atomic mass is 10.3. The number of nitrogens with zero attached hydrogens (tertiary/aromatic N) is 2. The van der Waals surface area contributed by atoms with Gasteiger partial charge in [-0.15, -0.1) is 11.3 Å². The zero-order valence-corrected chi connectivity index (χ0v) is 12.6. The molecule has 0 aliphatic rings. The van der Waals surface area contributed by atoms with Crippen LogP contribution in [0.4, 0.5) is 0 Å². The highest BCUT2D eigenvalue weighted by atomic mass is 35.5. The van der Waals surface area contributed by atoms with Crippen molar-refractivity contribution < 1.29 is 0 Å². The van der Waals surface area contributed by atoms with E-state index in [0.29, 0.717) is 14.8 Å². The molecule has 0 amide bonds. The zero-order valence-electron chi connectivity index (χ0n) is 9.43. The van der Waals surface area contributed by atoms with Gasteiger partial charge in [0.2, 0.25) is 0 Å². The van der Waals surface area contributed by atoms with Crippen molar-refractivity contribution in [3.8, 4) is 16.4 Å². The zero-order chi connectivity index (χ0) is 13.4. The van der Waals surface area contributed by atoms with Gasteiger partial charge < -0.3 is 0 Å². The fraction of sp³-hybridized carbons (Fsp3) is 0. The number of H-pyrrole nitrogens is 1. The summed E-state index contributed by atoms with van der Waals surface area (Å²) in [6, 6.07) is 9.36. The summed E-state index contributed by atoms with van der Waals surface area (Å²) in [7, 11) is 0. The molecule has 1 aromatic carbocycles. The Bertz CT molecular complexity index is 775. The summed E-state index contributed by atoms with van der Waals surface area (Å²) in [6.45, 7) is 0. The molecule has 0 unspecified atom stereocenters. The Morgan fingerprint density at radius 3 is 2.79 bits per heavy atom. The van der Waals surface area contributed by atoms with Crippen molar-refractivity contribution >= 4 is 46.8 Å². The lowest BCUT2D eigenvalue weighted by Crippen LogP contribution is -1.98. The van der Waals surface area contributed by atoms with Gasteiger partial charge in [-0.3, -0.25) is 9.67 Å². The topological polar surface area (TPSA) is 33.6 Å². The fourth-order valence-corrected chi connectivity index (χ4v) is 3.07. The Hall–Kier alpha value is -1.14. The van der Waals surface area contributed by atoms with Crippen LogP contribution in [0.15, 0.2) is 35.7 Å². The Morgan fingerprint density at radius 2 is 2.05 bits per heavy atom. The molecule has 0 radical (unpaired) electrons. The van der Waals surface area contributed by atoms with E-state index < -0.39 is 0 Å². The standard InChI is InChI=1S/C12H7Cl2N3S2/c13-7-3-1-4-8(10(7)14)17-11(15-16-12(17)18)9-5-2-6-19-9/h1-6H,(H,16,18). The van der Waals surface area contributed by atoms with Crippen LogP contribution in [0, 0.1) is 4.77 Å². The monoisotopic (exact) mass is 327 g/mol. The van der Waals surface area contributed by atoms with Gasteiger partial charge in [0.1, 0.15) is 0 Å². The number of hydrogen-bond acceptors (Lipinski definition) is 3. The molecule has 3 nitrogen and oxygen atoms in total. The first kappa shape index (κ1) is 12.9. The second-order valence-electron chi connectivity index (χ2n) is 3.74. The van der Waals surface area contributed by atoms with Gasteiger partial charge in [0, 0.05) is 0 Å². The minimum Gasteiger partial charge on any atom is -0.266 e. The Labute approximate surface area is 128 Å². The third-order valence-corrected chi connectivity index (χ3v) is 4.53. The molecule has 0 fully saturated rings. The van der Waals surface area contributed by atoms with Crippen LogP contribution in [0.5, 0.6) is 0 Å². The maximum absolute atomic E-state index is 6.25. The number of nitrogens with one attached hydrogen (secondary N) is 1. The first-order valence-corrected chi connectivity index (χ1v) is 7.38. The molecule has 2 aromatic heterocycles. The molecule has 1 N–H and O–H groups in total. The lowest BCUT2D eigenvalue weighted by Gasteiger charge is -2.08. The van der Waals surface area contributed by atoms with Crippen molar-refractivity contribution in [2.24, 2.45) is 0 Å². The smallest absolute Gasteiger partial charge is 0.200 e. The molecule has 0 aliphatic heterocycles. The predicted octanol–water partition coefficient (Wildman–Crippen LogP) is 4.97. The number of aromatic nitrogens is 3. The van der Waals surface area contributed by atoms with Crippen molar-refractivity contribution in [2.75, 3.05) is 0 Å². The number of rotatable bonds is 2. The summed E-state index contributed by atoms with van der Waals surface area (Å²) < 4.78 is 2.27. The molecule has 0 saturated carbocycles. The van der Waals surface area contributed by atoms with Crippen molar-refractivity contribution in [2.45, 2.75) is 0 Å². The third-order valence-electron chi connectivity index (χ3n) is 2.59. The average Bonchev–Trinajstić information content (AvgIpc) is 3.02. The molecule has 3 aromatic rings. The first-order valence-electron chi connectivity index (χ1n) is 5.34. The van der Waals surface area contributed by atoms with Crippen LogP contribution in [0.25, 0.3) is 16.4 Å². The van der Waals surface area contributed by atoms with Crippen LogP contribution in [0.3, 0.4) is 0 Å². The van der Waals surface area contributed by atoms with Gasteiger partial charge in [0.15, 0.2) is 10.6 Å². The van der Waals surface area contributed by atoms with Crippen molar-refractivity contribution in [1.29, 1.82) is 0 Å². The molecule has 0 atom stereocenters. The second-order valence-corrected chi connectivity index (χ2v) is 5.86. The van der Waals surface area contributed by atoms with Gasteiger partial charge in [-0.25, -0.2) is 0 Å². The van der Waals surface area contributed by atoms with Crippen LogP contribution in [-0.2, 0) is 0 Å². The summed E-state index contributed by atoms with van der Waals surface area (Å²) in [6.07, 6.45) is 0. The third kappa shape index (κ3) is 2.23. The van der Waals surface area contributed by atoms with Crippen LogP contribution >= 0.6 is 46.8 Å². The van der Waals surface area contributed by atoms with E-state index in [1.165, 1.54) is 0 Å². The summed E-state index contributed by atoms with van der Waals surface area (Å²) in [5.74, 6) is 0.726. The van der Waals surface area contributed by atoms with Gasteiger partial charge >= 0.3 is 0 Å². The molecular formula is C12H7Cl2N3S2. The fourth-order valence-electron chi connectivity index (χ4n) is 1.76. The van der Waals surface area contributed by atoms with Crippen molar-refractivity contribution in [3.05, 3.63) is 50.5 Å². The van der Waals surface area contributed by atoms with E-state index in [0.717, 1.165) is 16.4 Å². The maximum Gasteiger partial charge on any atom is 0.200 e. The van der Waals surface area contributed by atoms with Crippen LogP contribution in [0.2, 0.25) is 10.0 Å². The molecule has 7 heteroatoms. The minimum atomic E-state index is 0.458. The summed E-state index contributed by atoms with van der Waals surface area (Å²) >= 11 is 19.2. The van der Waals surface area contributed by atoms with Crippen LogP contribution in [0.1, 0.15) is 0 Å². The number of aromatic amines is 1. The number of thiophene rings is 1. The number of hydrogen-bond donors (Lipinski definition) is 1. The van der Waals surface area contributed by atoms with E-state index in [-0.39, 0.29) is 0 Å². The average molecular weight is 328 g/mol. The van der Waals surface area contributed by atoms with Gasteiger partial charge in [-0.2, -0.15) is 5.10 Å². The maximum atomic E-state index is 6.25. The molecular weight excluding hydrogens is 321 g/mol. The second kappa shape index (κ2) is 5.09. The first-order chi connectivity index (χ1) is 9.18. The highest BCUT2D eigenvalue weighted by molar-refractivity contribution is 7.71. The predicted molar refractivity (Wildman–Crippen MR) is 82.1 cm³/mol.